The zero-order valence-electron chi connectivity index (χ0n) is 28.7. The summed E-state index contributed by atoms with van der Waals surface area (Å²) in [5.41, 5.74) is 0. The standard InChI is InChI=1S/C24H56N2O11Si6/c1-31-23(29)21(27)25-17-15-19-38(3,4)33-40(7,8)35-42(11,12)37-43(13,14)36-41(9,10)34-39(5,6)20-16-18-26-22(28)24(30)32-2/h15-20H2,1-14H3,(H,25,27)(H,26,28). The number of carbonyl (C=O) groups is 4. The highest BCUT2D eigenvalue weighted by Crippen LogP contribution is 2.29. The summed E-state index contributed by atoms with van der Waals surface area (Å²) in [6.07, 6.45) is 1.36. The highest BCUT2D eigenvalue weighted by Gasteiger charge is 2.47. The molecule has 2 N–H and O–H groups in total. The van der Waals surface area contributed by atoms with Crippen LogP contribution in [0.25, 0.3) is 0 Å². The van der Waals surface area contributed by atoms with Gasteiger partial charge >= 0.3 is 58.0 Å². The monoisotopic (exact) mass is 716 g/mol. The van der Waals surface area contributed by atoms with Crippen LogP contribution in [-0.4, -0.2) is 102 Å². The first kappa shape index (κ1) is 42.0. The molecule has 0 bridgehead atoms. The zero-order chi connectivity index (χ0) is 33.9. The van der Waals surface area contributed by atoms with Crippen molar-refractivity contribution in [3.63, 3.8) is 0 Å². The molecular formula is C24H56N2O11Si6. The maximum Gasteiger partial charge on any atom is 0.396 e. The molecular weight excluding hydrogens is 661 g/mol. The van der Waals surface area contributed by atoms with E-state index in [2.05, 4.69) is 46.3 Å². The Bertz CT molecular complexity index is 888. The molecule has 0 spiro atoms. The van der Waals surface area contributed by atoms with Crippen LogP contribution in [0.2, 0.25) is 90.7 Å². The van der Waals surface area contributed by atoms with Gasteiger partial charge in [-0.25, -0.2) is 9.59 Å². The minimum Gasteiger partial charge on any atom is -0.462 e. The normalized spacial score (nSPS) is 13.3. The molecule has 19 heteroatoms. The molecule has 0 atom stereocenters. The van der Waals surface area contributed by atoms with Gasteiger partial charge < -0.3 is 40.7 Å². The molecule has 0 fully saturated rings. The van der Waals surface area contributed by atoms with E-state index in [4.69, 9.17) is 20.6 Å². The number of nitrogens with one attached hydrogen (secondary N) is 2. The van der Waals surface area contributed by atoms with Crippen molar-refractivity contribution in [3.05, 3.63) is 0 Å². The van der Waals surface area contributed by atoms with Gasteiger partial charge in [0.2, 0.25) is 0 Å². The van der Waals surface area contributed by atoms with E-state index in [0.717, 1.165) is 12.1 Å². The van der Waals surface area contributed by atoms with Gasteiger partial charge in [-0.05, 0) is 103 Å². The molecule has 0 aromatic heterocycles. The van der Waals surface area contributed by atoms with E-state index in [1.165, 1.54) is 14.2 Å². The van der Waals surface area contributed by atoms with Crippen molar-refractivity contribution in [1.29, 1.82) is 0 Å². The van der Waals surface area contributed by atoms with Crippen LogP contribution in [0.3, 0.4) is 0 Å². The van der Waals surface area contributed by atoms with Gasteiger partial charge in [0.05, 0.1) is 14.2 Å². The van der Waals surface area contributed by atoms with Gasteiger partial charge in [-0.3, -0.25) is 9.59 Å². The highest BCUT2D eigenvalue weighted by molar-refractivity contribution is 6.91. The molecule has 13 nitrogen and oxygen atoms in total. The van der Waals surface area contributed by atoms with Gasteiger partial charge in [0, 0.05) is 13.1 Å². The number of carbonyl (C=O) groups excluding carboxylic acids is 4. The SMILES string of the molecule is COC(=O)C(=O)NCCC[Si](C)(C)O[Si](C)(C)O[Si](C)(C)O[Si](C)(C)O[Si](C)(C)O[Si](C)(C)CCCNC(=O)C(=O)OC. The Kier molecular flexibility index (Phi) is 16.6. The minimum absolute atomic E-state index is 0.365. The molecule has 0 aliphatic carbocycles. The Labute approximate surface area is 264 Å². The second kappa shape index (κ2) is 17.1. The Morgan fingerprint density at radius 3 is 0.977 bits per heavy atom. The maximum atomic E-state index is 11.6. The fraction of sp³-hybridized carbons (Fsp3) is 0.833. The number of hydrogen-bond donors (Lipinski definition) is 2. The molecule has 0 aliphatic heterocycles. The van der Waals surface area contributed by atoms with Crippen molar-refractivity contribution < 1.29 is 49.2 Å². The van der Waals surface area contributed by atoms with Gasteiger partial charge in [0.15, 0.2) is 16.6 Å². The quantitative estimate of drug-likeness (QED) is 0.0924. The summed E-state index contributed by atoms with van der Waals surface area (Å²) in [6.45, 7) is 25.4. The van der Waals surface area contributed by atoms with Crippen molar-refractivity contribution in [1.82, 2.24) is 10.6 Å². The van der Waals surface area contributed by atoms with E-state index in [0.29, 0.717) is 25.9 Å². The first-order chi connectivity index (χ1) is 19.3. The van der Waals surface area contributed by atoms with E-state index < -0.39 is 74.6 Å². The average molecular weight is 717 g/mol. The van der Waals surface area contributed by atoms with Gasteiger partial charge in [-0.1, -0.05) is 0 Å². The molecule has 0 saturated carbocycles. The third kappa shape index (κ3) is 19.2. The number of hydrogen-bond acceptors (Lipinski definition) is 11. The van der Waals surface area contributed by atoms with Crippen molar-refractivity contribution in [2.45, 2.75) is 103 Å². The Balaban J connectivity index is 4.99. The van der Waals surface area contributed by atoms with E-state index in [9.17, 15) is 19.2 Å². The summed E-state index contributed by atoms with van der Waals surface area (Å²) < 4.78 is 41.9. The smallest absolute Gasteiger partial charge is 0.396 e. The summed E-state index contributed by atoms with van der Waals surface area (Å²) in [7, 11) is -12.4. The van der Waals surface area contributed by atoms with Gasteiger partial charge in [-0.2, -0.15) is 0 Å². The highest BCUT2D eigenvalue weighted by atomic mass is 28.5. The number of esters is 2. The molecule has 0 unspecified atom stereocenters. The number of ether oxygens (including phenoxy) is 2. The molecule has 0 radical (unpaired) electrons. The summed E-state index contributed by atoms with van der Waals surface area (Å²) in [4.78, 5) is 45.7. The Morgan fingerprint density at radius 2 is 0.721 bits per heavy atom. The van der Waals surface area contributed by atoms with Crippen molar-refractivity contribution in [2.75, 3.05) is 27.3 Å². The molecule has 0 saturated heterocycles. The fourth-order valence-corrected chi connectivity index (χ4v) is 34.9. The fourth-order valence-electron chi connectivity index (χ4n) is 5.05. The first-order valence-corrected chi connectivity index (χ1v) is 32.0. The van der Waals surface area contributed by atoms with Crippen molar-refractivity contribution in [2.24, 2.45) is 0 Å². The molecule has 0 aliphatic rings. The predicted molar refractivity (Wildman–Crippen MR) is 179 cm³/mol. The lowest BCUT2D eigenvalue weighted by Gasteiger charge is -2.43. The van der Waals surface area contributed by atoms with E-state index >= 15 is 0 Å². The second-order valence-electron chi connectivity index (χ2n) is 13.3. The van der Waals surface area contributed by atoms with Crippen LogP contribution in [0, 0.1) is 0 Å². The molecule has 0 heterocycles. The lowest BCUT2D eigenvalue weighted by molar-refractivity contribution is -0.152. The lowest BCUT2D eigenvalue weighted by Crippen LogP contribution is -2.60. The minimum atomic E-state index is -2.66. The van der Waals surface area contributed by atoms with Gasteiger partial charge in [0.1, 0.15) is 0 Å². The lowest BCUT2D eigenvalue weighted by atomic mass is 10.4. The van der Waals surface area contributed by atoms with Crippen molar-refractivity contribution in [3.8, 4) is 0 Å². The zero-order valence-corrected chi connectivity index (χ0v) is 34.7. The van der Waals surface area contributed by atoms with E-state index in [-0.39, 0.29) is 0 Å². The first-order valence-electron chi connectivity index (χ1n) is 14.5. The third-order valence-corrected chi connectivity index (χ3v) is 29.0. The van der Waals surface area contributed by atoms with Crippen LogP contribution in [-0.2, 0) is 49.2 Å². The topological polar surface area (TPSA) is 157 Å². The van der Waals surface area contributed by atoms with E-state index in [1.807, 2.05) is 52.4 Å². The molecule has 0 aromatic carbocycles. The van der Waals surface area contributed by atoms with Crippen LogP contribution >= 0.6 is 0 Å². The Morgan fingerprint density at radius 1 is 0.465 bits per heavy atom. The number of amides is 2. The molecule has 2 amide bonds. The third-order valence-electron chi connectivity index (χ3n) is 5.74. The summed E-state index contributed by atoms with van der Waals surface area (Å²) >= 11 is 0. The molecule has 0 aromatic rings. The Hall–Kier alpha value is -1.02. The summed E-state index contributed by atoms with van der Waals surface area (Å²) in [5.74, 6) is -3.29. The number of rotatable bonds is 18. The largest absolute Gasteiger partial charge is 0.462 e. The van der Waals surface area contributed by atoms with Crippen LogP contribution in [0.15, 0.2) is 0 Å². The van der Waals surface area contributed by atoms with E-state index in [1.54, 1.807) is 0 Å². The van der Waals surface area contributed by atoms with Crippen LogP contribution < -0.4 is 10.6 Å². The molecule has 252 valence electrons. The molecule has 43 heavy (non-hydrogen) atoms. The van der Waals surface area contributed by atoms with Crippen LogP contribution in [0.4, 0.5) is 0 Å². The number of methoxy groups -OCH3 is 2. The summed E-state index contributed by atoms with van der Waals surface area (Å²) in [6, 6.07) is 1.57. The second-order valence-corrected chi connectivity index (χ2v) is 36.7. The summed E-state index contributed by atoms with van der Waals surface area (Å²) in [5, 5.41) is 5.13. The van der Waals surface area contributed by atoms with Gasteiger partial charge in [-0.15, -0.1) is 0 Å². The average Bonchev–Trinajstić information content (AvgIpc) is 2.78. The van der Waals surface area contributed by atoms with Crippen molar-refractivity contribution >= 4 is 74.6 Å². The van der Waals surface area contributed by atoms with Gasteiger partial charge in [0.25, 0.3) is 0 Å². The molecule has 0 rings (SSSR count). The predicted octanol–water partition coefficient (Wildman–Crippen LogP) is 3.65. The van der Waals surface area contributed by atoms with Crippen LogP contribution in [0.5, 0.6) is 0 Å². The van der Waals surface area contributed by atoms with Crippen LogP contribution in [0.1, 0.15) is 12.8 Å². The maximum absolute atomic E-state index is 11.6.